The number of benzene rings is 9. The normalized spacial score (nSPS) is 13.1. The summed E-state index contributed by atoms with van der Waals surface area (Å²) in [5, 5.41) is 7.78. The molecule has 0 saturated carbocycles. The Kier molecular flexibility index (Phi) is 6.63. The van der Waals surface area contributed by atoms with E-state index in [9.17, 15) is 0 Å². The standard InChI is InChI=1S/C51H36/c1-51(2)46-25-13-12-18-37(46)44-31-32-45(43-24-14-26-47(51)50(43)44)49-41-22-10-8-20-39(41)48(40-21-9-11-23-42(40)49)38-19-7-6-17-36(38)35-29-27-34(28-30-35)33-15-4-3-5-16-33/h3-32H,1-2H3. The molecule has 0 fully saturated rings. The van der Waals surface area contributed by atoms with Gasteiger partial charge in [-0.3, -0.25) is 0 Å². The van der Waals surface area contributed by atoms with Gasteiger partial charge in [-0.05, 0) is 99.1 Å². The summed E-state index contributed by atoms with van der Waals surface area (Å²) < 4.78 is 0. The number of hydrogen-bond donors (Lipinski definition) is 0. The summed E-state index contributed by atoms with van der Waals surface area (Å²) in [6, 6.07) is 67.3. The summed E-state index contributed by atoms with van der Waals surface area (Å²) in [6.07, 6.45) is 0. The van der Waals surface area contributed by atoms with Crippen LogP contribution >= 0.6 is 0 Å². The molecule has 1 aliphatic rings. The van der Waals surface area contributed by atoms with Crippen molar-refractivity contribution >= 4 is 32.3 Å². The lowest BCUT2D eigenvalue weighted by Crippen LogP contribution is -2.23. The first kappa shape index (κ1) is 29.7. The van der Waals surface area contributed by atoms with Gasteiger partial charge in [0.05, 0.1) is 0 Å². The van der Waals surface area contributed by atoms with E-state index < -0.39 is 0 Å². The zero-order valence-corrected chi connectivity index (χ0v) is 28.8. The van der Waals surface area contributed by atoms with E-state index in [4.69, 9.17) is 0 Å². The van der Waals surface area contributed by atoms with Gasteiger partial charge in [-0.15, -0.1) is 0 Å². The molecule has 0 bridgehead atoms. The lowest BCUT2D eigenvalue weighted by atomic mass is 9.68. The van der Waals surface area contributed by atoms with E-state index in [1.54, 1.807) is 0 Å². The third-order valence-electron chi connectivity index (χ3n) is 11.3. The SMILES string of the molecule is CC1(C)c2ccccc2-c2ccc(-c3c4ccccc4c(-c4ccccc4-c4ccc(-c5ccccc5)cc4)c4ccccc34)c3cccc1c23. The minimum Gasteiger partial charge on any atom is -0.0622 e. The van der Waals surface area contributed by atoms with Gasteiger partial charge >= 0.3 is 0 Å². The van der Waals surface area contributed by atoms with Gasteiger partial charge in [-0.2, -0.15) is 0 Å². The molecule has 0 aromatic heterocycles. The van der Waals surface area contributed by atoms with Crippen LogP contribution in [0.5, 0.6) is 0 Å². The molecular formula is C51H36. The quantitative estimate of drug-likeness (QED) is 0.167. The lowest BCUT2D eigenvalue weighted by Gasteiger charge is -2.35. The molecule has 0 unspecified atom stereocenters. The van der Waals surface area contributed by atoms with Crippen molar-refractivity contribution in [3.8, 4) is 55.6 Å². The summed E-state index contributed by atoms with van der Waals surface area (Å²) in [7, 11) is 0. The topological polar surface area (TPSA) is 0 Å². The van der Waals surface area contributed by atoms with Gasteiger partial charge in [-0.25, -0.2) is 0 Å². The van der Waals surface area contributed by atoms with Gasteiger partial charge in [-0.1, -0.05) is 196 Å². The van der Waals surface area contributed by atoms with E-state index in [1.807, 2.05) is 0 Å². The predicted octanol–water partition coefficient (Wildman–Crippen LogP) is 14.1. The second-order valence-corrected chi connectivity index (χ2v) is 14.4. The Morgan fingerprint density at radius 2 is 0.725 bits per heavy atom. The molecule has 0 saturated heterocycles. The summed E-state index contributed by atoms with van der Waals surface area (Å²) >= 11 is 0. The first-order valence-electron chi connectivity index (χ1n) is 17.9. The van der Waals surface area contributed by atoms with Gasteiger partial charge in [0.2, 0.25) is 0 Å². The highest BCUT2D eigenvalue weighted by Crippen LogP contribution is 2.52. The van der Waals surface area contributed by atoms with E-state index in [0.717, 1.165) is 0 Å². The smallest absolute Gasteiger partial charge is 0.0159 e. The summed E-state index contributed by atoms with van der Waals surface area (Å²) in [6.45, 7) is 4.75. The van der Waals surface area contributed by atoms with Crippen molar-refractivity contribution in [1.82, 2.24) is 0 Å². The minimum atomic E-state index is -0.0985. The maximum Gasteiger partial charge on any atom is 0.0159 e. The number of hydrogen-bond acceptors (Lipinski definition) is 0. The second kappa shape index (κ2) is 11.4. The summed E-state index contributed by atoms with van der Waals surface area (Å²) in [4.78, 5) is 0. The Labute approximate surface area is 299 Å². The third-order valence-corrected chi connectivity index (χ3v) is 11.3. The van der Waals surface area contributed by atoms with Crippen molar-refractivity contribution < 1.29 is 0 Å². The minimum absolute atomic E-state index is 0.0985. The Morgan fingerprint density at radius 1 is 0.275 bits per heavy atom. The van der Waals surface area contributed by atoms with Crippen LogP contribution < -0.4 is 0 Å². The van der Waals surface area contributed by atoms with Crippen LogP contribution in [-0.4, -0.2) is 0 Å². The third kappa shape index (κ3) is 4.46. The van der Waals surface area contributed by atoms with Gasteiger partial charge in [0, 0.05) is 5.41 Å². The van der Waals surface area contributed by atoms with Gasteiger partial charge in [0.15, 0.2) is 0 Å². The molecule has 0 amide bonds. The van der Waals surface area contributed by atoms with Crippen LogP contribution in [0.2, 0.25) is 0 Å². The molecule has 0 heterocycles. The highest BCUT2D eigenvalue weighted by atomic mass is 14.4. The van der Waals surface area contributed by atoms with Crippen LogP contribution in [0.4, 0.5) is 0 Å². The van der Waals surface area contributed by atoms with Crippen LogP contribution in [-0.2, 0) is 5.41 Å². The van der Waals surface area contributed by atoms with Crippen molar-refractivity contribution in [3.05, 3.63) is 193 Å². The molecule has 0 radical (unpaired) electrons. The van der Waals surface area contributed by atoms with E-state index >= 15 is 0 Å². The molecule has 10 rings (SSSR count). The largest absolute Gasteiger partial charge is 0.0622 e. The average molecular weight is 649 g/mol. The van der Waals surface area contributed by atoms with E-state index in [1.165, 1.54) is 99.1 Å². The molecule has 9 aromatic rings. The highest BCUT2D eigenvalue weighted by molar-refractivity contribution is 6.25. The van der Waals surface area contributed by atoms with Crippen LogP contribution in [0.25, 0.3) is 88.0 Å². The summed E-state index contributed by atoms with van der Waals surface area (Å²) in [5.41, 5.74) is 15.4. The molecule has 0 nitrogen and oxygen atoms in total. The Hall–Kier alpha value is -6.24. The van der Waals surface area contributed by atoms with Crippen LogP contribution in [0.1, 0.15) is 25.0 Å². The fourth-order valence-corrected chi connectivity index (χ4v) is 8.91. The lowest BCUT2D eigenvalue weighted by molar-refractivity contribution is 0.645. The molecule has 0 atom stereocenters. The summed E-state index contributed by atoms with van der Waals surface area (Å²) in [5.74, 6) is 0. The molecule has 0 heteroatoms. The van der Waals surface area contributed by atoms with Gasteiger partial charge in [0.25, 0.3) is 0 Å². The average Bonchev–Trinajstić information content (AvgIpc) is 3.19. The Bertz CT molecular complexity index is 2740. The van der Waals surface area contributed by atoms with Crippen molar-refractivity contribution in [3.63, 3.8) is 0 Å². The van der Waals surface area contributed by atoms with Crippen molar-refractivity contribution in [2.45, 2.75) is 19.3 Å². The molecule has 240 valence electrons. The molecule has 51 heavy (non-hydrogen) atoms. The molecule has 0 spiro atoms. The fraction of sp³-hybridized carbons (Fsp3) is 0.0588. The fourth-order valence-electron chi connectivity index (χ4n) is 8.91. The number of rotatable bonds is 4. The zero-order valence-electron chi connectivity index (χ0n) is 28.8. The van der Waals surface area contributed by atoms with Crippen LogP contribution in [0.3, 0.4) is 0 Å². The molecule has 1 aliphatic carbocycles. The van der Waals surface area contributed by atoms with Crippen molar-refractivity contribution in [2.24, 2.45) is 0 Å². The van der Waals surface area contributed by atoms with Crippen molar-refractivity contribution in [1.29, 1.82) is 0 Å². The second-order valence-electron chi connectivity index (χ2n) is 14.4. The van der Waals surface area contributed by atoms with Gasteiger partial charge in [0.1, 0.15) is 0 Å². The van der Waals surface area contributed by atoms with Gasteiger partial charge < -0.3 is 0 Å². The Balaban J connectivity index is 1.24. The predicted molar refractivity (Wildman–Crippen MR) is 218 cm³/mol. The monoisotopic (exact) mass is 648 g/mol. The van der Waals surface area contributed by atoms with Crippen LogP contribution in [0, 0.1) is 0 Å². The van der Waals surface area contributed by atoms with E-state index in [2.05, 4.69) is 196 Å². The molecule has 9 aromatic carbocycles. The van der Waals surface area contributed by atoms with Crippen LogP contribution in [0.15, 0.2) is 182 Å². The number of fused-ring (bicyclic) bond motifs is 4. The highest BCUT2D eigenvalue weighted by Gasteiger charge is 2.33. The van der Waals surface area contributed by atoms with Crippen molar-refractivity contribution in [2.75, 3.05) is 0 Å². The molecule has 0 aliphatic heterocycles. The maximum atomic E-state index is 2.38. The Morgan fingerprint density at radius 3 is 1.39 bits per heavy atom. The maximum absolute atomic E-state index is 2.38. The molecular weight excluding hydrogens is 613 g/mol. The first-order valence-corrected chi connectivity index (χ1v) is 17.9. The van der Waals surface area contributed by atoms with E-state index in [-0.39, 0.29) is 5.41 Å². The zero-order chi connectivity index (χ0) is 34.1. The van der Waals surface area contributed by atoms with E-state index in [0.29, 0.717) is 0 Å². The first-order chi connectivity index (χ1) is 25.1. The molecule has 0 N–H and O–H groups in total.